The summed E-state index contributed by atoms with van der Waals surface area (Å²) in [5, 5.41) is 3.53. The minimum atomic E-state index is -0.466. The number of fused-ring (bicyclic) bond motifs is 1. The number of carbonyl (C=O) groups is 2. The lowest BCUT2D eigenvalue weighted by molar-refractivity contribution is -0.936. The minimum absolute atomic E-state index is 0.194. The molecule has 0 saturated heterocycles. The van der Waals surface area contributed by atoms with Crippen LogP contribution in [0.4, 0.5) is 5.00 Å². The predicted molar refractivity (Wildman–Crippen MR) is 105 cm³/mol. The Kier molecular flexibility index (Phi) is 5.16. The lowest BCUT2D eigenvalue weighted by atomic mass is 10.0. The van der Waals surface area contributed by atoms with Crippen LogP contribution < -0.4 is 16.0 Å². The molecule has 2 heterocycles. The first kappa shape index (κ1) is 18.6. The molecule has 4 N–H and O–H groups in total. The summed E-state index contributed by atoms with van der Waals surface area (Å²) in [7, 11) is 0. The van der Waals surface area contributed by atoms with Gasteiger partial charge in [-0.1, -0.05) is 17.7 Å². The van der Waals surface area contributed by atoms with Gasteiger partial charge in [-0.15, -0.1) is 11.3 Å². The van der Waals surface area contributed by atoms with Gasteiger partial charge >= 0.3 is 0 Å². The SMILES string of the molecule is Cc1ccc(C)c(C(=O)Nc2sc3c(c2C(N)=O)CC[NH+](C(C)C)C3)c1. The Morgan fingerprint density at radius 3 is 2.65 bits per heavy atom. The van der Waals surface area contributed by atoms with Gasteiger partial charge in [0.25, 0.3) is 11.8 Å². The molecule has 0 radical (unpaired) electrons. The number of quaternary nitrogens is 1. The van der Waals surface area contributed by atoms with Crippen LogP contribution in [0.15, 0.2) is 18.2 Å². The fourth-order valence-electron chi connectivity index (χ4n) is 3.49. The van der Waals surface area contributed by atoms with Gasteiger partial charge in [-0.2, -0.15) is 0 Å². The number of nitrogens with two attached hydrogens (primary N) is 1. The fourth-order valence-corrected chi connectivity index (χ4v) is 4.79. The monoisotopic (exact) mass is 372 g/mol. The maximum atomic E-state index is 12.8. The smallest absolute Gasteiger partial charge is 0.256 e. The lowest BCUT2D eigenvalue weighted by Crippen LogP contribution is -3.14. The molecular formula is C20H26N3O2S+. The molecule has 0 spiro atoms. The van der Waals surface area contributed by atoms with Crippen LogP contribution in [-0.4, -0.2) is 24.4 Å². The largest absolute Gasteiger partial charge is 0.365 e. The van der Waals surface area contributed by atoms with Crippen molar-refractivity contribution < 1.29 is 14.5 Å². The second kappa shape index (κ2) is 7.21. The zero-order valence-electron chi connectivity index (χ0n) is 15.7. The van der Waals surface area contributed by atoms with Crippen LogP contribution >= 0.6 is 11.3 Å². The van der Waals surface area contributed by atoms with E-state index in [9.17, 15) is 9.59 Å². The fraction of sp³-hybridized carbons (Fsp3) is 0.400. The van der Waals surface area contributed by atoms with Crippen molar-refractivity contribution in [3.8, 4) is 0 Å². The molecule has 26 heavy (non-hydrogen) atoms. The molecule has 1 aromatic carbocycles. The maximum absolute atomic E-state index is 12.8. The van der Waals surface area contributed by atoms with E-state index < -0.39 is 5.91 Å². The van der Waals surface area contributed by atoms with Gasteiger partial charge in [0.05, 0.1) is 23.0 Å². The second-order valence-corrected chi connectivity index (χ2v) is 8.44. The Morgan fingerprint density at radius 1 is 1.27 bits per heavy atom. The molecule has 1 aromatic heterocycles. The standard InChI is InChI=1S/C20H25N3O2S/c1-11(2)23-8-7-14-16(10-23)26-20(17(14)18(21)24)22-19(25)15-9-12(3)5-6-13(15)4/h5-6,9,11H,7-8,10H2,1-4H3,(H2,21,24)(H,22,25)/p+1. The summed E-state index contributed by atoms with van der Waals surface area (Å²) in [6.07, 6.45) is 0.816. The average Bonchev–Trinajstić information content (AvgIpc) is 2.93. The van der Waals surface area contributed by atoms with Crippen LogP contribution in [0.1, 0.15) is 56.1 Å². The third-order valence-electron chi connectivity index (χ3n) is 5.10. The molecule has 2 aromatic rings. The first-order chi connectivity index (χ1) is 12.3. The summed E-state index contributed by atoms with van der Waals surface area (Å²) in [4.78, 5) is 27.5. The van der Waals surface area contributed by atoms with Gasteiger partial charge in [0.15, 0.2) is 0 Å². The van der Waals surface area contributed by atoms with E-state index in [1.165, 1.54) is 16.2 Å². The number of benzene rings is 1. The summed E-state index contributed by atoms with van der Waals surface area (Å²) in [5.74, 6) is -0.660. The molecule has 5 nitrogen and oxygen atoms in total. The summed E-state index contributed by atoms with van der Waals surface area (Å²) < 4.78 is 0. The van der Waals surface area contributed by atoms with Gasteiger partial charge in [-0.05, 0) is 44.9 Å². The second-order valence-electron chi connectivity index (χ2n) is 7.33. The first-order valence-electron chi connectivity index (χ1n) is 8.95. The molecule has 0 fully saturated rings. The van der Waals surface area contributed by atoms with Crippen molar-refractivity contribution in [3.63, 3.8) is 0 Å². The maximum Gasteiger partial charge on any atom is 0.256 e. The van der Waals surface area contributed by atoms with Crippen molar-refractivity contribution in [3.05, 3.63) is 50.9 Å². The Morgan fingerprint density at radius 2 is 2.00 bits per heavy atom. The minimum Gasteiger partial charge on any atom is -0.365 e. The van der Waals surface area contributed by atoms with E-state index in [1.807, 2.05) is 32.0 Å². The topological polar surface area (TPSA) is 76.6 Å². The average molecular weight is 373 g/mol. The van der Waals surface area contributed by atoms with E-state index in [-0.39, 0.29) is 5.91 Å². The zero-order chi connectivity index (χ0) is 19.0. The molecule has 1 atom stereocenters. The Balaban J connectivity index is 1.94. The van der Waals surface area contributed by atoms with E-state index in [0.717, 1.165) is 41.1 Å². The van der Waals surface area contributed by atoms with E-state index in [2.05, 4.69) is 19.2 Å². The van der Waals surface area contributed by atoms with E-state index in [4.69, 9.17) is 5.73 Å². The van der Waals surface area contributed by atoms with Gasteiger partial charge in [0.2, 0.25) is 0 Å². The van der Waals surface area contributed by atoms with Crippen LogP contribution in [0, 0.1) is 13.8 Å². The van der Waals surface area contributed by atoms with Crippen LogP contribution in [0.3, 0.4) is 0 Å². The molecule has 0 saturated carbocycles. The van der Waals surface area contributed by atoms with E-state index in [0.29, 0.717) is 22.2 Å². The van der Waals surface area contributed by atoms with Crippen LogP contribution in [0.25, 0.3) is 0 Å². The molecule has 0 aliphatic carbocycles. The molecular weight excluding hydrogens is 346 g/mol. The molecule has 3 rings (SSSR count). The normalized spacial score (nSPS) is 16.4. The summed E-state index contributed by atoms with van der Waals surface area (Å²) in [6, 6.07) is 6.30. The van der Waals surface area contributed by atoms with Crippen molar-refractivity contribution in [1.82, 2.24) is 0 Å². The predicted octanol–water partition coefficient (Wildman–Crippen LogP) is 2.07. The molecule has 1 unspecified atom stereocenters. The van der Waals surface area contributed by atoms with Crippen LogP contribution in [0.5, 0.6) is 0 Å². The third-order valence-corrected chi connectivity index (χ3v) is 6.25. The molecule has 138 valence electrons. The van der Waals surface area contributed by atoms with E-state index in [1.54, 1.807) is 0 Å². The summed E-state index contributed by atoms with van der Waals surface area (Å²) in [5.41, 5.74) is 9.72. The van der Waals surface area contributed by atoms with Gasteiger partial charge in [-0.3, -0.25) is 9.59 Å². The van der Waals surface area contributed by atoms with Gasteiger partial charge in [0, 0.05) is 12.0 Å². The Labute approximate surface area is 158 Å². The number of hydrogen-bond acceptors (Lipinski definition) is 3. The quantitative estimate of drug-likeness (QED) is 0.768. The third kappa shape index (κ3) is 3.52. The number of nitrogens with one attached hydrogen (secondary N) is 2. The highest BCUT2D eigenvalue weighted by molar-refractivity contribution is 7.17. The zero-order valence-corrected chi connectivity index (χ0v) is 16.5. The molecule has 1 aliphatic heterocycles. The van der Waals surface area contributed by atoms with Crippen molar-refractivity contribution in [2.45, 2.75) is 46.7 Å². The summed E-state index contributed by atoms with van der Waals surface area (Å²) in [6.45, 7) is 10.1. The number of anilines is 1. The van der Waals surface area contributed by atoms with Crippen molar-refractivity contribution in [2.24, 2.45) is 5.73 Å². The van der Waals surface area contributed by atoms with Crippen LogP contribution in [-0.2, 0) is 13.0 Å². The Bertz CT molecular complexity index is 870. The van der Waals surface area contributed by atoms with Gasteiger partial charge in [-0.25, -0.2) is 0 Å². The molecule has 2 amide bonds. The van der Waals surface area contributed by atoms with Crippen LogP contribution in [0.2, 0.25) is 0 Å². The van der Waals surface area contributed by atoms with E-state index >= 15 is 0 Å². The summed E-state index contributed by atoms with van der Waals surface area (Å²) >= 11 is 1.49. The van der Waals surface area contributed by atoms with Crippen molar-refractivity contribution in [1.29, 1.82) is 0 Å². The van der Waals surface area contributed by atoms with Gasteiger partial charge < -0.3 is 16.0 Å². The number of rotatable bonds is 4. The highest BCUT2D eigenvalue weighted by Gasteiger charge is 2.30. The molecule has 6 heteroatoms. The first-order valence-corrected chi connectivity index (χ1v) is 9.77. The molecule has 1 aliphatic rings. The highest BCUT2D eigenvalue weighted by atomic mass is 32.1. The molecule has 0 bridgehead atoms. The Hall–Kier alpha value is -2.18. The van der Waals surface area contributed by atoms with Gasteiger partial charge in [0.1, 0.15) is 11.5 Å². The number of primary amides is 1. The van der Waals surface area contributed by atoms with Crippen molar-refractivity contribution in [2.75, 3.05) is 11.9 Å². The number of amides is 2. The van der Waals surface area contributed by atoms with Crippen molar-refractivity contribution >= 4 is 28.2 Å². The highest BCUT2D eigenvalue weighted by Crippen LogP contribution is 2.35. The number of thiophene rings is 1. The number of aryl methyl sites for hydroxylation is 2. The number of carbonyl (C=O) groups excluding carboxylic acids is 2. The number of hydrogen-bond donors (Lipinski definition) is 3. The lowest BCUT2D eigenvalue weighted by Gasteiger charge is -2.27.